The number of ether oxygens (including phenoxy) is 2. The van der Waals surface area contributed by atoms with Crippen molar-refractivity contribution >= 4 is 21.4 Å². The molecular formula is C25H26ClNO5S. The lowest BCUT2D eigenvalue weighted by Crippen LogP contribution is -2.33. The number of hydrogen-bond acceptors (Lipinski definition) is 5. The largest absolute Gasteiger partial charge is 0.619 e. The van der Waals surface area contributed by atoms with Gasteiger partial charge in [-0.1, -0.05) is 50.6 Å². The van der Waals surface area contributed by atoms with Crippen LogP contribution < -0.4 is 4.73 Å². The second-order valence-electron chi connectivity index (χ2n) is 9.10. The highest BCUT2D eigenvalue weighted by Crippen LogP contribution is 2.41. The molecule has 174 valence electrons. The van der Waals surface area contributed by atoms with Crippen LogP contribution in [0.15, 0.2) is 71.9 Å². The molecule has 4 rings (SSSR count). The average molecular weight is 488 g/mol. The average Bonchev–Trinajstić information content (AvgIpc) is 3.26. The monoisotopic (exact) mass is 487 g/mol. The molecule has 2 aromatic carbocycles. The molecule has 0 radical (unpaired) electrons. The Morgan fingerprint density at radius 3 is 2.18 bits per heavy atom. The molecule has 2 heterocycles. The maximum Gasteiger partial charge on any atom is 0.223 e. The van der Waals surface area contributed by atoms with Crippen LogP contribution in [0.1, 0.15) is 43.0 Å². The van der Waals surface area contributed by atoms with Gasteiger partial charge in [0.1, 0.15) is 0 Å². The predicted octanol–water partition coefficient (Wildman–Crippen LogP) is 4.49. The third-order valence-corrected chi connectivity index (χ3v) is 7.64. The molecule has 1 fully saturated rings. The van der Waals surface area contributed by atoms with Crippen LogP contribution in [-0.4, -0.2) is 21.6 Å². The highest BCUT2D eigenvalue weighted by atomic mass is 35.5. The van der Waals surface area contributed by atoms with Crippen molar-refractivity contribution in [2.75, 3.05) is 13.2 Å². The van der Waals surface area contributed by atoms with E-state index in [1.165, 1.54) is 12.4 Å². The Labute approximate surface area is 199 Å². The highest BCUT2D eigenvalue weighted by molar-refractivity contribution is 7.90. The van der Waals surface area contributed by atoms with E-state index in [9.17, 15) is 13.6 Å². The number of pyridine rings is 1. The van der Waals surface area contributed by atoms with Crippen LogP contribution in [-0.2, 0) is 36.3 Å². The Morgan fingerprint density at radius 1 is 1.00 bits per heavy atom. The number of hydrogen-bond donors (Lipinski definition) is 0. The van der Waals surface area contributed by atoms with Crippen molar-refractivity contribution < 1.29 is 22.6 Å². The molecule has 0 N–H and O–H groups in total. The molecule has 1 saturated heterocycles. The Morgan fingerprint density at radius 2 is 1.61 bits per heavy atom. The highest BCUT2D eigenvalue weighted by Gasteiger charge is 2.43. The number of sulfone groups is 1. The Balaban J connectivity index is 1.76. The van der Waals surface area contributed by atoms with E-state index in [-0.39, 0.29) is 16.1 Å². The Kier molecular flexibility index (Phi) is 6.26. The summed E-state index contributed by atoms with van der Waals surface area (Å²) in [5.74, 6) is -1.60. The van der Waals surface area contributed by atoms with Crippen LogP contribution in [0, 0.1) is 5.21 Å². The summed E-state index contributed by atoms with van der Waals surface area (Å²) in [6, 6.07) is 15.2. The number of benzene rings is 2. The van der Waals surface area contributed by atoms with Gasteiger partial charge in [0, 0.05) is 28.3 Å². The van der Waals surface area contributed by atoms with Crippen LogP contribution in [0.5, 0.6) is 0 Å². The molecule has 0 amide bonds. The van der Waals surface area contributed by atoms with E-state index in [2.05, 4.69) is 20.8 Å². The maximum absolute atomic E-state index is 13.3. The molecule has 0 saturated carbocycles. The van der Waals surface area contributed by atoms with Crippen molar-refractivity contribution in [2.24, 2.45) is 0 Å². The van der Waals surface area contributed by atoms with Crippen molar-refractivity contribution in [3.8, 4) is 0 Å². The normalized spacial score (nSPS) is 16.1. The molecule has 0 bridgehead atoms. The fourth-order valence-corrected chi connectivity index (χ4v) is 5.50. The molecule has 0 spiro atoms. The van der Waals surface area contributed by atoms with Gasteiger partial charge in [-0.3, -0.25) is 0 Å². The SMILES string of the molecule is CC(C)(C)c1ccc(S(=O)(=O)Cc2ccc(Cl)cc2C2(c3cc[n+]([O-])cc3)OCCO2)cc1. The molecule has 1 aliphatic rings. The molecule has 3 aromatic rings. The van der Waals surface area contributed by atoms with Crippen LogP contribution in [0.25, 0.3) is 0 Å². The molecule has 0 atom stereocenters. The molecular weight excluding hydrogens is 462 g/mol. The zero-order chi connectivity index (χ0) is 23.9. The van der Waals surface area contributed by atoms with Crippen molar-refractivity contribution in [1.82, 2.24) is 0 Å². The first-order chi connectivity index (χ1) is 15.5. The lowest BCUT2D eigenvalue weighted by Gasteiger charge is -2.30. The molecule has 33 heavy (non-hydrogen) atoms. The Bertz CT molecular complexity index is 1240. The Hall–Kier alpha value is -2.45. The summed E-state index contributed by atoms with van der Waals surface area (Å²) in [7, 11) is -3.66. The minimum atomic E-state index is -3.66. The molecule has 6 nitrogen and oxygen atoms in total. The molecule has 1 aliphatic heterocycles. The zero-order valence-corrected chi connectivity index (χ0v) is 20.3. The van der Waals surface area contributed by atoms with Crippen LogP contribution in [0.3, 0.4) is 0 Å². The summed E-state index contributed by atoms with van der Waals surface area (Å²) in [5.41, 5.74) is 2.58. The summed E-state index contributed by atoms with van der Waals surface area (Å²) in [6.45, 7) is 6.87. The second-order valence-corrected chi connectivity index (χ2v) is 11.5. The van der Waals surface area contributed by atoms with Gasteiger partial charge in [-0.05, 0) is 40.8 Å². The first kappa shape index (κ1) is 23.7. The van der Waals surface area contributed by atoms with Gasteiger partial charge >= 0.3 is 0 Å². The third kappa shape index (κ3) is 4.77. The van der Waals surface area contributed by atoms with Gasteiger partial charge in [0.25, 0.3) is 0 Å². The van der Waals surface area contributed by atoms with Crippen molar-refractivity contribution in [3.05, 3.63) is 99.5 Å². The predicted molar refractivity (Wildman–Crippen MR) is 126 cm³/mol. The van der Waals surface area contributed by atoms with E-state index in [0.717, 1.165) is 5.56 Å². The van der Waals surface area contributed by atoms with Crippen molar-refractivity contribution in [1.29, 1.82) is 0 Å². The van der Waals surface area contributed by atoms with Crippen LogP contribution in [0.4, 0.5) is 0 Å². The topological polar surface area (TPSA) is 79.5 Å². The standard InChI is InChI=1S/C25H26ClNO5S/c1-24(2,3)19-5-8-22(9-6-19)33(29,30)17-18-4-7-21(26)16-23(18)25(31-14-15-32-25)20-10-12-27(28)13-11-20/h4-13,16H,14-15,17H2,1-3H3. The fraction of sp³-hybridized carbons (Fsp3) is 0.320. The fourth-order valence-electron chi connectivity index (χ4n) is 3.95. The van der Waals surface area contributed by atoms with E-state index < -0.39 is 15.6 Å². The van der Waals surface area contributed by atoms with Gasteiger partial charge in [0.2, 0.25) is 5.79 Å². The van der Waals surface area contributed by atoms with Gasteiger partial charge in [-0.15, -0.1) is 0 Å². The minimum Gasteiger partial charge on any atom is -0.619 e. The van der Waals surface area contributed by atoms with E-state index >= 15 is 0 Å². The number of aromatic nitrogens is 1. The van der Waals surface area contributed by atoms with Gasteiger partial charge in [-0.2, -0.15) is 4.73 Å². The molecule has 8 heteroatoms. The smallest absolute Gasteiger partial charge is 0.223 e. The summed E-state index contributed by atoms with van der Waals surface area (Å²) in [6.07, 6.45) is 2.69. The van der Waals surface area contributed by atoms with E-state index in [0.29, 0.717) is 39.7 Å². The number of nitrogens with zero attached hydrogens (tertiary/aromatic N) is 1. The van der Waals surface area contributed by atoms with Gasteiger partial charge in [0.15, 0.2) is 22.2 Å². The third-order valence-electron chi connectivity index (χ3n) is 5.73. The second kappa shape index (κ2) is 8.72. The molecule has 1 aromatic heterocycles. The minimum absolute atomic E-state index is 0.0763. The van der Waals surface area contributed by atoms with Crippen molar-refractivity contribution in [3.63, 3.8) is 0 Å². The van der Waals surface area contributed by atoms with Crippen molar-refractivity contribution in [2.45, 2.75) is 42.6 Å². The quantitative estimate of drug-likeness (QED) is 0.391. The number of rotatable bonds is 5. The van der Waals surface area contributed by atoms with Gasteiger partial charge < -0.3 is 14.7 Å². The molecule has 0 aliphatic carbocycles. The zero-order valence-electron chi connectivity index (χ0n) is 18.7. The summed E-state index contributed by atoms with van der Waals surface area (Å²) < 4.78 is 39.4. The van der Waals surface area contributed by atoms with Crippen LogP contribution in [0.2, 0.25) is 5.02 Å². The van der Waals surface area contributed by atoms with E-state index in [4.69, 9.17) is 21.1 Å². The van der Waals surface area contributed by atoms with Gasteiger partial charge in [0.05, 0.1) is 23.9 Å². The summed E-state index contributed by atoms with van der Waals surface area (Å²) >= 11 is 6.30. The number of halogens is 1. The van der Waals surface area contributed by atoms with Gasteiger partial charge in [-0.25, -0.2) is 8.42 Å². The van der Waals surface area contributed by atoms with E-state index in [1.807, 2.05) is 12.1 Å². The van der Waals surface area contributed by atoms with E-state index in [1.54, 1.807) is 42.5 Å². The van der Waals surface area contributed by atoms with Crippen LogP contribution >= 0.6 is 11.6 Å². The maximum atomic E-state index is 13.3. The summed E-state index contributed by atoms with van der Waals surface area (Å²) in [5, 5.41) is 12.0. The summed E-state index contributed by atoms with van der Waals surface area (Å²) in [4.78, 5) is 0.241. The lowest BCUT2D eigenvalue weighted by molar-refractivity contribution is -0.605. The molecule has 0 unspecified atom stereocenters. The lowest BCUT2D eigenvalue weighted by atomic mass is 9.87. The first-order valence-corrected chi connectivity index (χ1v) is 12.6. The first-order valence-electron chi connectivity index (χ1n) is 10.6.